The SMILES string of the molecule is CC(CCC(=O)O)(C(N)=O)N1C(=O)c2cccc([N+](=O)[O-])c2C1=O. The molecule has 1 aliphatic heterocycles. The third-order valence-corrected chi connectivity index (χ3v) is 3.94. The average Bonchev–Trinajstić information content (AvgIpc) is 2.76. The van der Waals surface area contributed by atoms with E-state index in [-0.39, 0.29) is 5.56 Å². The Bertz CT molecular complexity index is 789. The van der Waals surface area contributed by atoms with Crippen molar-refractivity contribution in [1.82, 2.24) is 4.90 Å². The molecule has 3 amide bonds. The summed E-state index contributed by atoms with van der Waals surface area (Å²) in [5.74, 6) is -4.30. The highest BCUT2D eigenvalue weighted by molar-refractivity contribution is 6.25. The molecule has 0 aromatic heterocycles. The van der Waals surface area contributed by atoms with Crippen molar-refractivity contribution in [2.75, 3.05) is 0 Å². The Hall–Kier alpha value is -3.30. The van der Waals surface area contributed by atoms with E-state index in [1.165, 1.54) is 12.1 Å². The summed E-state index contributed by atoms with van der Waals surface area (Å²) in [4.78, 5) is 58.5. The van der Waals surface area contributed by atoms with Crippen LogP contribution < -0.4 is 5.73 Å². The summed E-state index contributed by atoms with van der Waals surface area (Å²) < 4.78 is 0. The predicted molar refractivity (Wildman–Crippen MR) is 78.1 cm³/mol. The molecule has 1 aliphatic rings. The highest BCUT2D eigenvalue weighted by Crippen LogP contribution is 2.36. The lowest BCUT2D eigenvalue weighted by Gasteiger charge is -2.33. The van der Waals surface area contributed by atoms with E-state index in [4.69, 9.17) is 10.8 Å². The topological polar surface area (TPSA) is 161 Å². The number of aliphatic carboxylic acids is 1. The van der Waals surface area contributed by atoms with Crippen molar-refractivity contribution in [3.05, 3.63) is 39.4 Å². The summed E-state index contributed by atoms with van der Waals surface area (Å²) in [6.07, 6.45) is -0.925. The van der Waals surface area contributed by atoms with Crippen LogP contribution in [0.15, 0.2) is 18.2 Å². The van der Waals surface area contributed by atoms with Crippen molar-refractivity contribution >= 4 is 29.4 Å². The minimum absolute atomic E-state index is 0.225. The van der Waals surface area contributed by atoms with E-state index in [2.05, 4.69) is 0 Å². The first-order valence-corrected chi connectivity index (χ1v) is 6.79. The number of hydrogen-bond acceptors (Lipinski definition) is 6. The quantitative estimate of drug-likeness (QED) is 0.429. The number of fused-ring (bicyclic) bond motifs is 1. The highest BCUT2D eigenvalue weighted by Gasteiger charge is 2.52. The number of hydrogen-bond donors (Lipinski definition) is 2. The van der Waals surface area contributed by atoms with E-state index in [0.717, 1.165) is 13.0 Å². The van der Waals surface area contributed by atoms with Gasteiger partial charge < -0.3 is 10.8 Å². The van der Waals surface area contributed by atoms with Crippen LogP contribution in [-0.4, -0.2) is 44.2 Å². The number of rotatable bonds is 6. The Balaban J connectivity index is 2.56. The predicted octanol–water partition coefficient (Wildman–Crippen LogP) is 0.300. The molecule has 10 heteroatoms. The first-order valence-electron chi connectivity index (χ1n) is 6.79. The summed E-state index contributed by atoms with van der Waals surface area (Å²) in [6, 6.07) is 3.53. The van der Waals surface area contributed by atoms with Gasteiger partial charge in [0.05, 0.1) is 10.5 Å². The van der Waals surface area contributed by atoms with Gasteiger partial charge in [0, 0.05) is 12.5 Å². The number of carboxylic acid groups (broad SMARTS) is 1. The number of carboxylic acids is 1. The van der Waals surface area contributed by atoms with Crippen LogP contribution in [0.2, 0.25) is 0 Å². The monoisotopic (exact) mass is 335 g/mol. The Morgan fingerprint density at radius 2 is 1.96 bits per heavy atom. The van der Waals surface area contributed by atoms with Crippen LogP contribution in [0.4, 0.5) is 5.69 Å². The van der Waals surface area contributed by atoms with Gasteiger partial charge in [0.25, 0.3) is 17.5 Å². The molecule has 10 nitrogen and oxygen atoms in total. The van der Waals surface area contributed by atoms with E-state index in [1.807, 2.05) is 0 Å². The molecule has 0 saturated heterocycles. The van der Waals surface area contributed by atoms with Crippen molar-refractivity contribution in [1.29, 1.82) is 0 Å². The standard InChI is InChI=1S/C14H13N3O7/c1-14(13(15)22,6-5-9(18)19)16-11(20)7-3-2-4-8(17(23)24)10(7)12(16)21/h2-4H,5-6H2,1H3,(H2,15,22)(H,18,19). The number of nitrogens with two attached hydrogens (primary N) is 1. The normalized spacial score (nSPS) is 15.8. The maximum atomic E-state index is 12.6. The van der Waals surface area contributed by atoms with Crippen molar-refractivity contribution < 1.29 is 29.2 Å². The lowest BCUT2D eigenvalue weighted by atomic mass is 9.92. The van der Waals surface area contributed by atoms with E-state index in [9.17, 15) is 29.3 Å². The molecular weight excluding hydrogens is 322 g/mol. The van der Waals surface area contributed by atoms with Gasteiger partial charge in [-0.05, 0) is 19.4 Å². The van der Waals surface area contributed by atoms with Gasteiger partial charge in [0.2, 0.25) is 5.91 Å². The van der Waals surface area contributed by atoms with E-state index in [1.54, 1.807) is 0 Å². The fourth-order valence-electron chi connectivity index (χ4n) is 2.56. The van der Waals surface area contributed by atoms with E-state index in [0.29, 0.717) is 4.90 Å². The molecule has 24 heavy (non-hydrogen) atoms. The second kappa shape index (κ2) is 5.72. The minimum Gasteiger partial charge on any atom is -0.481 e. The van der Waals surface area contributed by atoms with Crippen molar-refractivity contribution in [3.8, 4) is 0 Å². The van der Waals surface area contributed by atoms with Gasteiger partial charge in [-0.25, -0.2) is 0 Å². The molecule has 1 aromatic carbocycles. The average molecular weight is 335 g/mol. The number of nitrogens with zero attached hydrogens (tertiary/aromatic N) is 2. The molecule has 1 aromatic rings. The lowest BCUT2D eigenvalue weighted by molar-refractivity contribution is -0.385. The molecule has 1 unspecified atom stereocenters. The second-order valence-corrected chi connectivity index (χ2v) is 5.43. The smallest absolute Gasteiger partial charge is 0.303 e. The number of primary amides is 1. The van der Waals surface area contributed by atoms with Crippen molar-refractivity contribution in [2.24, 2.45) is 5.73 Å². The number of carbonyl (C=O) groups excluding carboxylic acids is 3. The molecule has 0 spiro atoms. The molecule has 0 bridgehead atoms. The molecular formula is C14H13N3O7. The maximum Gasteiger partial charge on any atom is 0.303 e. The number of nitro benzene ring substituents is 1. The summed E-state index contributed by atoms with van der Waals surface area (Å²) in [5.41, 5.74) is 2.13. The van der Waals surface area contributed by atoms with Gasteiger partial charge in [-0.2, -0.15) is 0 Å². The van der Waals surface area contributed by atoms with Gasteiger partial charge in [0.15, 0.2) is 0 Å². The van der Waals surface area contributed by atoms with Gasteiger partial charge in [-0.15, -0.1) is 0 Å². The molecule has 126 valence electrons. The molecule has 0 aliphatic carbocycles. The lowest BCUT2D eigenvalue weighted by Crippen LogP contribution is -2.58. The zero-order valence-electron chi connectivity index (χ0n) is 12.5. The first kappa shape index (κ1) is 17.1. The molecule has 0 saturated carbocycles. The van der Waals surface area contributed by atoms with Crippen LogP contribution in [-0.2, 0) is 9.59 Å². The fourth-order valence-corrected chi connectivity index (χ4v) is 2.56. The van der Waals surface area contributed by atoms with Crippen molar-refractivity contribution in [2.45, 2.75) is 25.3 Å². The molecule has 1 heterocycles. The minimum atomic E-state index is -1.92. The summed E-state index contributed by atoms with van der Waals surface area (Å²) in [6.45, 7) is 1.16. The number of imide groups is 1. The third kappa shape index (κ3) is 2.47. The highest BCUT2D eigenvalue weighted by atomic mass is 16.6. The van der Waals surface area contributed by atoms with Crippen LogP contribution in [0.5, 0.6) is 0 Å². The Morgan fingerprint density at radius 1 is 1.33 bits per heavy atom. The van der Waals surface area contributed by atoms with Gasteiger partial charge in [-0.3, -0.25) is 34.2 Å². The van der Waals surface area contributed by atoms with Crippen LogP contribution in [0.3, 0.4) is 0 Å². The third-order valence-electron chi connectivity index (χ3n) is 3.94. The molecule has 0 fully saturated rings. The Morgan fingerprint density at radius 3 is 2.46 bits per heavy atom. The fraction of sp³-hybridized carbons (Fsp3) is 0.286. The van der Waals surface area contributed by atoms with E-state index < -0.39 is 58.2 Å². The molecule has 3 N–H and O–H groups in total. The van der Waals surface area contributed by atoms with E-state index >= 15 is 0 Å². The van der Waals surface area contributed by atoms with Crippen molar-refractivity contribution in [3.63, 3.8) is 0 Å². The zero-order chi connectivity index (χ0) is 18.2. The second-order valence-electron chi connectivity index (χ2n) is 5.43. The van der Waals surface area contributed by atoms with Gasteiger partial charge in [-0.1, -0.05) is 6.07 Å². The Labute approximate surface area is 135 Å². The number of benzene rings is 1. The summed E-state index contributed by atoms with van der Waals surface area (Å²) in [5, 5.41) is 19.9. The zero-order valence-corrected chi connectivity index (χ0v) is 12.5. The molecule has 1 atom stereocenters. The summed E-state index contributed by atoms with van der Waals surface area (Å²) >= 11 is 0. The van der Waals surface area contributed by atoms with Crippen LogP contribution in [0, 0.1) is 10.1 Å². The first-order chi connectivity index (χ1) is 11.1. The number of nitro groups is 1. The summed E-state index contributed by atoms with van der Waals surface area (Å²) in [7, 11) is 0. The number of amides is 3. The van der Waals surface area contributed by atoms with Crippen LogP contribution in [0.1, 0.15) is 40.5 Å². The van der Waals surface area contributed by atoms with Gasteiger partial charge >= 0.3 is 5.97 Å². The number of carbonyl (C=O) groups is 4. The Kier molecular flexibility index (Phi) is 4.07. The molecule has 2 rings (SSSR count). The molecule has 0 radical (unpaired) electrons. The van der Waals surface area contributed by atoms with Crippen LogP contribution >= 0.6 is 0 Å². The van der Waals surface area contributed by atoms with Gasteiger partial charge in [0.1, 0.15) is 11.1 Å². The van der Waals surface area contributed by atoms with Crippen LogP contribution in [0.25, 0.3) is 0 Å². The maximum absolute atomic E-state index is 12.6. The largest absolute Gasteiger partial charge is 0.481 e.